The number of ether oxygens (including phenoxy) is 1. The summed E-state index contributed by atoms with van der Waals surface area (Å²) in [4.78, 5) is 16.0. The van der Waals surface area contributed by atoms with Crippen molar-refractivity contribution in [3.8, 4) is 5.75 Å². The Morgan fingerprint density at radius 1 is 1.10 bits per heavy atom. The van der Waals surface area contributed by atoms with Crippen LogP contribution in [0.25, 0.3) is 11.1 Å². The van der Waals surface area contributed by atoms with Crippen LogP contribution in [0.15, 0.2) is 54.6 Å². The molecule has 6 heteroatoms. The topological polar surface area (TPSA) is 59.4 Å². The molecule has 0 atom stereocenters. The summed E-state index contributed by atoms with van der Waals surface area (Å²) in [7, 11) is 0. The van der Waals surface area contributed by atoms with Gasteiger partial charge >= 0.3 is 5.97 Å². The highest BCUT2D eigenvalue weighted by molar-refractivity contribution is 6.30. The number of benzene rings is 2. The molecule has 4 rings (SSSR count). The third-order valence-corrected chi connectivity index (χ3v) is 5.64. The van der Waals surface area contributed by atoms with Gasteiger partial charge in [0.1, 0.15) is 18.2 Å². The Bertz CT molecular complexity index is 1170. The molecule has 158 valence electrons. The van der Waals surface area contributed by atoms with Crippen molar-refractivity contribution in [2.24, 2.45) is 0 Å². The highest BCUT2D eigenvalue weighted by atomic mass is 35.5. The van der Waals surface area contributed by atoms with Crippen LogP contribution in [0.4, 0.5) is 4.39 Å². The van der Waals surface area contributed by atoms with E-state index in [1.807, 2.05) is 18.2 Å². The number of carboxylic acids is 1. The lowest BCUT2D eigenvalue weighted by Crippen LogP contribution is -2.05. The molecule has 1 heterocycles. The molecule has 4 nitrogen and oxygen atoms in total. The Hall–Kier alpha value is -3.18. The zero-order valence-corrected chi connectivity index (χ0v) is 17.7. The molecule has 0 spiro atoms. The van der Waals surface area contributed by atoms with Crippen molar-refractivity contribution in [1.82, 2.24) is 4.98 Å². The van der Waals surface area contributed by atoms with Gasteiger partial charge in [-0.05, 0) is 84.9 Å². The molecule has 0 fully saturated rings. The van der Waals surface area contributed by atoms with Crippen molar-refractivity contribution in [2.75, 3.05) is 0 Å². The molecule has 0 unspecified atom stereocenters. The molecule has 1 N–H and O–H groups in total. The fourth-order valence-corrected chi connectivity index (χ4v) is 4.01. The summed E-state index contributed by atoms with van der Waals surface area (Å²) in [5, 5.41) is 10.0. The van der Waals surface area contributed by atoms with E-state index in [1.54, 1.807) is 31.2 Å². The molecule has 0 amide bonds. The second-order valence-electron chi connectivity index (χ2n) is 7.53. The second-order valence-corrected chi connectivity index (χ2v) is 7.97. The van der Waals surface area contributed by atoms with E-state index in [-0.39, 0.29) is 11.5 Å². The van der Waals surface area contributed by atoms with Crippen LogP contribution in [0.5, 0.6) is 5.75 Å². The van der Waals surface area contributed by atoms with Gasteiger partial charge in [0.2, 0.25) is 0 Å². The van der Waals surface area contributed by atoms with Crippen molar-refractivity contribution in [2.45, 2.75) is 32.8 Å². The third kappa shape index (κ3) is 4.62. The first-order valence-corrected chi connectivity index (χ1v) is 10.4. The minimum Gasteiger partial charge on any atom is -0.488 e. The lowest BCUT2D eigenvalue weighted by molar-refractivity contribution is 0.0689. The van der Waals surface area contributed by atoms with Crippen LogP contribution in [0, 0.1) is 12.7 Å². The summed E-state index contributed by atoms with van der Waals surface area (Å²) in [6, 6.07) is 15.3. The zero-order valence-electron chi connectivity index (χ0n) is 17.0. The average molecular weight is 438 g/mol. The quantitative estimate of drug-likeness (QED) is 0.474. The largest absolute Gasteiger partial charge is 0.488 e. The van der Waals surface area contributed by atoms with E-state index in [4.69, 9.17) is 16.3 Å². The van der Waals surface area contributed by atoms with Crippen LogP contribution in [-0.4, -0.2) is 16.1 Å². The number of aromatic carboxylic acids is 1. The smallest absolute Gasteiger partial charge is 0.354 e. The summed E-state index contributed by atoms with van der Waals surface area (Å²) >= 11 is 6.30. The van der Waals surface area contributed by atoms with E-state index in [9.17, 15) is 14.3 Å². The number of rotatable bonds is 6. The van der Waals surface area contributed by atoms with Crippen LogP contribution in [-0.2, 0) is 6.61 Å². The Kier molecular flexibility index (Phi) is 6.05. The van der Waals surface area contributed by atoms with Crippen molar-refractivity contribution in [1.29, 1.82) is 0 Å². The first-order valence-electron chi connectivity index (χ1n) is 10.0. The number of aromatic nitrogens is 1. The average Bonchev–Trinajstić information content (AvgIpc) is 3.24. The van der Waals surface area contributed by atoms with E-state index in [0.717, 1.165) is 41.5 Å². The summed E-state index contributed by atoms with van der Waals surface area (Å²) < 4.78 is 19.2. The van der Waals surface area contributed by atoms with Crippen molar-refractivity contribution >= 4 is 28.7 Å². The van der Waals surface area contributed by atoms with E-state index >= 15 is 0 Å². The molecule has 0 aliphatic heterocycles. The molecule has 0 bridgehead atoms. The summed E-state index contributed by atoms with van der Waals surface area (Å²) in [5.74, 6) is -0.651. The number of carboxylic acid groups (broad SMARTS) is 1. The molecular formula is C25H21ClFNO3. The third-order valence-electron chi connectivity index (χ3n) is 5.40. The Morgan fingerprint density at radius 2 is 1.84 bits per heavy atom. The number of hydrogen-bond acceptors (Lipinski definition) is 3. The molecule has 0 saturated heterocycles. The number of halogens is 2. The van der Waals surface area contributed by atoms with Crippen LogP contribution >= 0.6 is 11.6 Å². The monoisotopic (exact) mass is 437 g/mol. The number of aryl methyl sites for hydroxylation is 1. The van der Waals surface area contributed by atoms with Gasteiger partial charge in [-0.25, -0.2) is 14.2 Å². The van der Waals surface area contributed by atoms with E-state index < -0.39 is 5.97 Å². The van der Waals surface area contributed by atoms with Gasteiger partial charge in [-0.2, -0.15) is 0 Å². The van der Waals surface area contributed by atoms with Crippen LogP contribution in [0.1, 0.15) is 52.1 Å². The molecule has 3 aromatic rings. The first kappa shape index (κ1) is 21.1. The fourth-order valence-electron chi connectivity index (χ4n) is 3.84. The summed E-state index contributed by atoms with van der Waals surface area (Å²) in [5.41, 5.74) is 5.16. The van der Waals surface area contributed by atoms with Crippen molar-refractivity contribution < 1.29 is 19.0 Å². The van der Waals surface area contributed by atoms with Gasteiger partial charge in [0.05, 0.1) is 5.69 Å². The van der Waals surface area contributed by atoms with E-state index in [1.165, 1.54) is 12.1 Å². The molecule has 0 radical (unpaired) electrons. The number of carbonyl (C=O) groups is 1. The SMILES string of the molecule is Cc1ccc(C2=C(c3cc(Cl)ccc3OCc3ccc(F)cc3)CCC2)nc1C(=O)O. The Morgan fingerprint density at radius 3 is 2.58 bits per heavy atom. The van der Waals surface area contributed by atoms with Gasteiger partial charge in [0.25, 0.3) is 0 Å². The van der Waals surface area contributed by atoms with Crippen LogP contribution in [0.3, 0.4) is 0 Å². The standard InChI is InChI=1S/C25H21ClFNO3/c1-15-5-11-22(28-24(15)25(29)30)20-4-2-3-19(20)21-13-17(26)8-12-23(21)31-14-16-6-9-18(27)10-7-16/h5-13H,2-4,14H2,1H3,(H,29,30). The molecule has 1 aliphatic rings. The lowest BCUT2D eigenvalue weighted by atomic mass is 9.98. The fraction of sp³-hybridized carbons (Fsp3) is 0.200. The minimum absolute atomic E-state index is 0.0649. The number of pyridine rings is 1. The molecule has 31 heavy (non-hydrogen) atoms. The van der Waals surface area contributed by atoms with Crippen LogP contribution < -0.4 is 4.74 Å². The van der Waals surface area contributed by atoms with Gasteiger partial charge in [0.15, 0.2) is 5.69 Å². The maximum Gasteiger partial charge on any atom is 0.354 e. The minimum atomic E-state index is -1.04. The van der Waals surface area contributed by atoms with Gasteiger partial charge in [-0.15, -0.1) is 0 Å². The number of hydrogen-bond donors (Lipinski definition) is 1. The highest BCUT2D eigenvalue weighted by Gasteiger charge is 2.23. The van der Waals surface area contributed by atoms with E-state index in [2.05, 4.69) is 4.98 Å². The van der Waals surface area contributed by atoms with Crippen molar-refractivity contribution in [3.05, 3.63) is 93.5 Å². The normalized spacial score (nSPS) is 13.5. The second kappa shape index (κ2) is 8.90. The lowest BCUT2D eigenvalue weighted by Gasteiger charge is -2.15. The molecular weight excluding hydrogens is 417 g/mol. The molecule has 1 aromatic heterocycles. The van der Waals surface area contributed by atoms with Gasteiger partial charge < -0.3 is 9.84 Å². The van der Waals surface area contributed by atoms with Crippen molar-refractivity contribution in [3.63, 3.8) is 0 Å². The number of allylic oxidation sites excluding steroid dienone is 2. The molecule has 1 aliphatic carbocycles. The zero-order chi connectivity index (χ0) is 22.0. The maximum absolute atomic E-state index is 13.2. The predicted octanol–water partition coefficient (Wildman–Crippen LogP) is 6.55. The molecule has 2 aromatic carbocycles. The summed E-state index contributed by atoms with van der Waals surface area (Å²) in [6.07, 6.45) is 2.56. The van der Waals surface area contributed by atoms with Gasteiger partial charge in [-0.3, -0.25) is 0 Å². The molecule has 0 saturated carbocycles. The van der Waals surface area contributed by atoms with E-state index in [0.29, 0.717) is 28.6 Å². The Labute approximate surface area is 185 Å². The summed E-state index contributed by atoms with van der Waals surface area (Å²) in [6.45, 7) is 2.03. The maximum atomic E-state index is 13.2. The highest BCUT2D eigenvalue weighted by Crippen LogP contribution is 2.43. The first-order chi connectivity index (χ1) is 14.9. The van der Waals surface area contributed by atoms with Crippen LogP contribution in [0.2, 0.25) is 5.02 Å². The van der Waals surface area contributed by atoms with Gasteiger partial charge in [0, 0.05) is 10.6 Å². The predicted molar refractivity (Wildman–Crippen MR) is 119 cm³/mol. The van der Waals surface area contributed by atoms with Gasteiger partial charge in [-0.1, -0.05) is 29.8 Å². The number of nitrogens with zero attached hydrogens (tertiary/aromatic N) is 1. The Balaban J connectivity index is 1.72.